The predicted octanol–water partition coefficient (Wildman–Crippen LogP) is 2.65. The molecule has 2 N–H and O–H groups in total. The molecule has 1 atom stereocenters. The Bertz CT molecular complexity index is 618. The fourth-order valence-corrected chi connectivity index (χ4v) is 5.65. The van der Waals surface area contributed by atoms with Gasteiger partial charge in [0.15, 0.2) is 5.69 Å². The minimum atomic E-state index is -0.577. The van der Waals surface area contributed by atoms with Crippen molar-refractivity contribution < 1.29 is 9.72 Å². The second-order valence-electron chi connectivity index (χ2n) is 7.87. The average molecular weight is 318 g/mol. The fourth-order valence-electron chi connectivity index (χ4n) is 5.65. The second kappa shape index (κ2) is 5.04. The van der Waals surface area contributed by atoms with Crippen molar-refractivity contribution >= 4 is 11.7 Å². The van der Waals surface area contributed by atoms with Gasteiger partial charge in [0, 0.05) is 6.04 Å². The van der Waals surface area contributed by atoms with Crippen LogP contribution in [0.25, 0.3) is 0 Å². The van der Waals surface area contributed by atoms with Crippen LogP contribution < -0.4 is 5.32 Å². The molecule has 4 aliphatic carbocycles. The Hall–Kier alpha value is -1.92. The zero-order valence-corrected chi connectivity index (χ0v) is 13.2. The Balaban J connectivity index is 1.48. The summed E-state index contributed by atoms with van der Waals surface area (Å²) in [5.41, 5.74) is 0.306. The van der Waals surface area contributed by atoms with Crippen molar-refractivity contribution in [2.75, 3.05) is 0 Å². The van der Waals surface area contributed by atoms with Crippen LogP contribution in [0.15, 0.2) is 6.07 Å². The molecule has 1 aromatic rings. The van der Waals surface area contributed by atoms with E-state index in [1.165, 1.54) is 44.6 Å². The fraction of sp³-hybridized carbons (Fsp3) is 0.750. The highest BCUT2D eigenvalue weighted by atomic mass is 16.6. The first-order valence-corrected chi connectivity index (χ1v) is 8.46. The molecule has 1 unspecified atom stereocenters. The lowest BCUT2D eigenvalue weighted by Gasteiger charge is -2.59. The zero-order chi connectivity index (χ0) is 16.2. The molecule has 1 heterocycles. The van der Waals surface area contributed by atoms with Crippen molar-refractivity contribution in [1.29, 1.82) is 0 Å². The van der Waals surface area contributed by atoms with E-state index >= 15 is 0 Å². The Morgan fingerprint density at radius 1 is 1.35 bits per heavy atom. The summed E-state index contributed by atoms with van der Waals surface area (Å²) in [4.78, 5) is 22.5. The standard InChI is InChI=1S/C16H22N4O3/c1-9(17-15(21)13-5-14(19-18-13)20(22)23)16-6-10-2-11(7-16)4-12(3-10)8-16/h5,9-12H,2-4,6-8H2,1H3,(H,17,21)(H,18,19). The summed E-state index contributed by atoms with van der Waals surface area (Å²) in [6.45, 7) is 2.09. The van der Waals surface area contributed by atoms with Gasteiger partial charge in [-0.2, -0.15) is 0 Å². The van der Waals surface area contributed by atoms with Gasteiger partial charge in [0.05, 0.1) is 6.07 Å². The molecule has 4 fully saturated rings. The maximum Gasteiger partial charge on any atom is 0.343 e. The molecular weight excluding hydrogens is 296 g/mol. The number of amides is 1. The van der Waals surface area contributed by atoms with Crippen LogP contribution in [0.4, 0.5) is 5.82 Å². The lowest BCUT2D eigenvalue weighted by atomic mass is 9.48. The van der Waals surface area contributed by atoms with E-state index in [1.54, 1.807) is 0 Å². The number of hydrogen-bond acceptors (Lipinski definition) is 4. The van der Waals surface area contributed by atoms with Gasteiger partial charge in [-0.05, 0) is 73.5 Å². The van der Waals surface area contributed by atoms with Crippen LogP contribution in [-0.2, 0) is 0 Å². The van der Waals surface area contributed by atoms with Gasteiger partial charge >= 0.3 is 5.82 Å². The molecule has 1 amide bonds. The highest BCUT2D eigenvalue weighted by Crippen LogP contribution is 2.61. The van der Waals surface area contributed by atoms with E-state index in [-0.39, 0.29) is 28.9 Å². The third-order valence-corrected chi connectivity index (χ3v) is 6.35. The van der Waals surface area contributed by atoms with Crippen LogP contribution in [0, 0.1) is 33.3 Å². The number of aromatic nitrogens is 2. The highest BCUT2D eigenvalue weighted by Gasteiger charge is 2.53. The number of nitro groups is 1. The van der Waals surface area contributed by atoms with Crippen molar-refractivity contribution in [3.8, 4) is 0 Å². The minimum absolute atomic E-state index is 0.0826. The first-order chi connectivity index (χ1) is 10.9. The number of rotatable bonds is 4. The molecule has 4 saturated carbocycles. The Labute approximate surface area is 134 Å². The van der Waals surface area contributed by atoms with Gasteiger partial charge < -0.3 is 15.4 Å². The van der Waals surface area contributed by atoms with Gasteiger partial charge in [0.25, 0.3) is 5.91 Å². The minimum Gasteiger partial charge on any atom is -0.358 e. The molecule has 0 aliphatic heterocycles. The maximum absolute atomic E-state index is 12.4. The molecule has 7 nitrogen and oxygen atoms in total. The zero-order valence-electron chi connectivity index (χ0n) is 13.2. The Morgan fingerprint density at radius 3 is 2.39 bits per heavy atom. The summed E-state index contributed by atoms with van der Waals surface area (Å²) in [6.07, 6.45) is 7.73. The first-order valence-electron chi connectivity index (χ1n) is 8.46. The van der Waals surface area contributed by atoms with E-state index in [0.717, 1.165) is 17.8 Å². The smallest absolute Gasteiger partial charge is 0.343 e. The third kappa shape index (κ3) is 2.42. The summed E-state index contributed by atoms with van der Waals surface area (Å²) in [5.74, 6) is 1.90. The number of H-pyrrole nitrogens is 1. The van der Waals surface area contributed by atoms with Crippen molar-refractivity contribution in [2.24, 2.45) is 23.2 Å². The molecule has 0 aromatic carbocycles. The molecular formula is C16H22N4O3. The third-order valence-electron chi connectivity index (χ3n) is 6.35. The second-order valence-corrected chi connectivity index (χ2v) is 7.87. The molecule has 4 bridgehead atoms. The number of aromatic amines is 1. The largest absolute Gasteiger partial charge is 0.358 e. The molecule has 7 heteroatoms. The average Bonchev–Trinajstić information content (AvgIpc) is 2.95. The molecule has 1 aromatic heterocycles. The number of nitrogens with one attached hydrogen (secondary N) is 2. The van der Waals surface area contributed by atoms with Gasteiger partial charge in [0.2, 0.25) is 0 Å². The van der Waals surface area contributed by atoms with Crippen LogP contribution in [0.1, 0.15) is 55.9 Å². The summed E-state index contributed by atoms with van der Waals surface area (Å²) >= 11 is 0. The molecule has 0 radical (unpaired) electrons. The predicted molar refractivity (Wildman–Crippen MR) is 82.8 cm³/mol. The van der Waals surface area contributed by atoms with Gasteiger partial charge in [-0.15, -0.1) is 5.10 Å². The molecule has 124 valence electrons. The molecule has 0 spiro atoms. The lowest BCUT2D eigenvalue weighted by Crippen LogP contribution is -2.55. The number of carbonyl (C=O) groups excluding carboxylic acids is 1. The topological polar surface area (TPSA) is 101 Å². The Morgan fingerprint density at radius 2 is 1.91 bits per heavy atom. The van der Waals surface area contributed by atoms with Crippen LogP contribution in [0.3, 0.4) is 0 Å². The van der Waals surface area contributed by atoms with Crippen molar-refractivity contribution in [1.82, 2.24) is 15.5 Å². The van der Waals surface area contributed by atoms with Crippen molar-refractivity contribution in [3.63, 3.8) is 0 Å². The molecule has 5 rings (SSSR count). The van der Waals surface area contributed by atoms with Gasteiger partial charge in [0.1, 0.15) is 0 Å². The summed E-state index contributed by atoms with van der Waals surface area (Å²) in [7, 11) is 0. The lowest BCUT2D eigenvalue weighted by molar-refractivity contribution is -0.389. The van der Waals surface area contributed by atoms with Crippen LogP contribution in [0.2, 0.25) is 0 Å². The number of nitrogens with zero attached hydrogens (tertiary/aromatic N) is 2. The Kier molecular flexibility index (Phi) is 3.21. The number of carbonyl (C=O) groups is 1. The quantitative estimate of drug-likeness (QED) is 0.658. The van der Waals surface area contributed by atoms with Crippen molar-refractivity contribution in [3.05, 3.63) is 21.9 Å². The van der Waals surface area contributed by atoms with Gasteiger partial charge in [-0.25, -0.2) is 0 Å². The monoisotopic (exact) mass is 318 g/mol. The van der Waals surface area contributed by atoms with E-state index in [4.69, 9.17) is 0 Å². The normalized spacial score (nSPS) is 36.0. The van der Waals surface area contributed by atoms with Gasteiger partial charge in [-0.3, -0.25) is 4.79 Å². The van der Waals surface area contributed by atoms with Crippen LogP contribution in [0.5, 0.6) is 0 Å². The van der Waals surface area contributed by atoms with E-state index in [1.807, 2.05) is 0 Å². The summed E-state index contributed by atoms with van der Waals surface area (Å²) < 4.78 is 0. The molecule has 0 saturated heterocycles. The van der Waals surface area contributed by atoms with Crippen LogP contribution in [-0.4, -0.2) is 27.1 Å². The molecule has 23 heavy (non-hydrogen) atoms. The number of hydrogen-bond donors (Lipinski definition) is 2. The SMILES string of the molecule is CC(NC(=O)c1cc([N+](=O)[O-])[nH]n1)C12CC3CC(CC(C3)C1)C2. The van der Waals surface area contributed by atoms with Gasteiger partial charge in [-0.1, -0.05) is 5.10 Å². The highest BCUT2D eigenvalue weighted by molar-refractivity contribution is 5.92. The maximum atomic E-state index is 12.4. The van der Waals surface area contributed by atoms with Crippen LogP contribution >= 0.6 is 0 Å². The van der Waals surface area contributed by atoms with E-state index in [0.29, 0.717) is 0 Å². The molecule has 4 aliphatic rings. The summed E-state index contributed by atoms with van der Waals surface area (Å²) in [6, 6.07) is 1.28. The van der Waals surface area contributed by atoms with Crippen molar-refractivity contribution in [2.45, 2.75) is 51.5 Å². The summed E-state index contributed by atoms with van der Waals surface area (Å²) in [5, 5.41) is 19.8. The van der Waals surface area contributed by atoms with E-state index < -0.39 is 4.92 Å². The van der Waals surface area contributed by atoms with E-state index in [9.17, 15) is 14.9 Å². The van der Waals surface area contributed by atoms with E-state index in [2.05, 4.69) is 22.4 Å². The first kappa shape index (κ1) is 14.7.